The Kier molecular flexibility index (Phi) is 11.3. The largest absolute Gasteiger partial charge is 0.462 e. The van der Waals surface area contributed by atoms with Crippen LogP contribution in [0.5, 0.6) is 5.75 Å². The zero-order chi connectivity index (χ0) is 31.0. The van der Waals surface area contributed by atoms with E-state index in [0.717, 1.165) is 6.92 Å². The fourth-order valence-corrected chi connectivity index (χ4v) is 5.64. The van der Waals surface area contributed by atoms with Crippen LogP contribution in [0, 0.1) is 0 Å². The van der Waals surface area contributed by atoms with Gasteiger partial charge in [-0.15, -0.1) is 0 Å². The van der Waals surface area contributed by atoms with Crippen LogP contribution in [-0.4, -0.2) is 72.0 Å². The molecule has 3 N–H and O–H groups in total. The first kappa shape index (κ1) is 32.8. The topological polar surface area (TPSA) is 182 Å². The molecule has 14 nitrogen and oxygen atoms in total. The number of hydrogen-bond acceptors (Lipinski definition) is 12. The van der Waals surface area contributed by atoms with Crippen LogP contribution in [0.3, 0.4) is 0 Å². The van der Waals surface area contributed by atoms with E-state index in [1.165, 1.54) is 24.9 Å². The molecule has 0 aliphatic carbocycles. The molecule has 1 aromatic rings. The summed E-state index contributed by atoms with van der Waals surface area (Å²) in [6, 6.07) is 7.02. The van der Waals surface area contributed by atoms with Crippen molar-refractivity contribution >= 4 is 31.6 Å². The lowest BCUT2D eigenvalue weighted by Crippen LogP contribution is -2.45. The first-order valence-corrected chi connectivity index (χ1v) is 14.7. The summed E-state index contributed by atoms with van der Waals surface area (Å²) in [7, 11) is -4.31. The maximum absolute atomic E-state index is 13.9. The Morgan fingerprint density at radius 2 is 1.71 bits per heavy atom. The van der Waals surface area contributed by atoms with E-state index < -0.39 is 74.9 Å². The van der Waals surface area contributed by atoms with Crippen molar-refractivity contribution in [2.45, 2.75) is 77.7 Å². The molecule has 2 aliphatic heterocycles. The number of nitrogens with one attached hydrogen (secondary N) is 1. The lowest BCUT2D eigenvalue weighted by atomic mass is 10.1. The van der Waals surface area contributed by atoms with E-state index in [9.17, 15) is 23.7 Å². The van der Waals surface area contributed by atoms with E-state index in [0.29, 0.717) is 0 Å². The number of nitrogens with zero attached hydrogens (tertiary/aromatic N) is 1. The molecule has 6 atom stereocenters. The second-order valence-corrected chi connectivity index (χ2v) is 11.5. The Balaban J connectivity index is 1.90. The summed E-state index contributed by atoms with van der Waals surface area (Å²) in [4.78, 5) is 49.8. The van der Waals surface area contributed by atoms with Gasteiger partial charge in [-0.1, -0.05) is 24.3 Å². The average molecular weight is 610 g/mol. The quantitative estimate of drug-likeness (QED) is 0.189. The van der Waals surface area contributed by atoms with Gasteiger partial charge in [0.25, 0.3) is 0 Å². The lowest BCUT2D eigenvalue weighted by molar-refractivity contribution is -0.166. The van der Waals surface area contributed by atoms with Gasteiger partial charge in [-0.25, -0.2) is 4.57 Å². The molecule has 3 rings (SSSR count). The number of esters is 3. The van der Waals surface area contributed by atoms with Crippen LogP contribution in [-0.2, 0) is 47.2 Å². The van der Waals surface area contributed by atoms with E-state index in [4.69, 9.17) is 33.7 Å². The fraction of sp³-hybridized carbons (Fsp3) is 0.481. The minimum absolute atomic E-state index is 0.180. The summed E-state index contributed by atoms with van der Waals surface area (Å²) in [5, 5.41) is 2.57. The van der Waals surface area contributed by atoms with Gasteiger partial charge in [0, 0.05) is 31.8 Å². The smallest absolute Gasteiger partial charge is 0.459 e. The summed E-state index contributed by atoms with van der Waals surface area (Å²) in [5.41, 5.74) is 5.70. The number of amides is 1. The van der Waals surface area contributed by atoms with Crippen LogP contribution in [0.4, 0.5) is 0 Å². The molecule has 0 saturated carbocycles. The second kappa shape index (κ2) is 14.5. The highest BCUT2D eigenvalue weighted by molar-refractivity contribution is 7.52. The standard InChI is InChI=1S/C27H36N3O11P/c1-16(2)37-27(34)17(3)29-42(35,41-21-11-7-6-8-12-21)36-15-22-23(38-18(4)31)24(39-19(5)32)26(40-22)30-13-9-10-20(14-30)25(28)33/h6-9,11-14,16-17,22-24,26H,10,15H2,1-5H3,(H2,28,33)(H,29,35)/t17-,22+,23+,24+,26+,42?/m0/s1. The molecule has 0 bridgehead atoms. The average Bonchev–Trinajstić information content (AvgIpc) is 3.23. The minimum Gasteiger partial charge on any atom is -0.462 e. The van der Waals surface area contributed by atoms with E-state index in [1.54, 1.807) is 56.5 Å². The number of carbonyl (C=O) groups is 4. The summed E-state index contributed by atoms with van der Waals surface area (Å²) in [6.07, 6.45) is -0.0873. The highest BCUT2D eigenvalue weighted by Gasteiger charge is 2.52. The van der Waals surface area contributed by atoms with Gasteiger partial charge in [-0.05, 0) is 39.3 Å². The van der Waals surface area contributed by atoms with Crippen LogP contribution in [0.1, 0.15) is 41.0 Å². The summed E-state index contributed by atoms with van der Waals surface area (Å²) in [5.74, 6) is -2.56. The monoisotopic (exact) mass is 609 g/mol. The molecule has 1 aromatic carbocycles. The van der Waals surface area contributed by atoms with E-state index in [1.807, 2.05) is 0 Å². The fourth-order valence-electron chi connectivity index (χ4n) is 4.14. The Morgan fingerprint density at radius 3 is 2.31 bits per heavy atom. The molecular weight excluding hydrogens is 573 g/mol. The zero-order valence-electron chi connectivity index (χ0n) is 24.0. The number of carbonyl (C=O) groups excluding carboxylic acids is 4. The first-order chi connectivity index (χ1) is 19.8. The SMILES string of the molecule is CC(=O)O[C@@H]1[C@H](OC(C)=O)[C@@H](COP(=O)(N[C@@H](C)C(=O)OC(C)C)Oc2ccccc2)O[C@H]1N1C=CCC(C(N)=O)=C1. The highest BCUT2D eigenvalue weighted by Crippen LogP contribution is 2.46. The van der Waals surface area contributed by atoms with Gasteiger partial charge >= 0.3 is 25.7 Å². The molecule has 15 heteroatoms. The van der Waals surface area contributed by atoms with Crippen molar-refractivity contribution in [2.24, 2.45) is 5.73 Å². The van der Waals surface area contributed by atoms with Crippen molar-refractivity contribution in [2.75, 3.05) is 6.61 Å². The molecule has 1 amide bonds. The van der Waals surface area contributed by atoms with E-state index >= 15 is 0 Å². The highest BCUT2D eigenvalue weighted by atomic mass is 31.2. The molecular formula is C27H36N3O11P. The van der Waals surface area contributed by atoms with Crippen LogP contribution in [0.25, 0.3) is 0 Å². The normalized spacial score (nSPS) is 23.9. The molecule has 42 heavy (non-hydrogen) atoms. The molecule has 2 aliphatic rings. The predicted molar refractivity (Wildman–Crippen MR) is 147 cm³/mol. The molecule has 0 aromatic heterocycles. The van der Waals surface area contributed by atoms with Gasteiger partial charge in [0.15, 0.2) is 18.4 Å². The number of primary amides is 1. The summed E-state index contributed by atoms with van der Waals surface area (Å²) >= 11 is 0. The number of ether oxygens (including phenoxy) is 4. The maximum atomic E-state index is 13.9. The molecule has 1 unspecified atom stereocenters. The Bertz CT molecular complexity index is 1250. The van der Waals surface area contributed by atoms with Gasteiger partial charge in [0.2, 0.25) is 5.91 Å². The Hall–Kier alpha value is -3.71. The minimum atomic E-state index is -4.31. The number of para-hydroxylation sites is 1. The lowest BCUT2D eigenvalue weighted by Gasteiger charge is -2.30. The third-order valence-corrected chi connectivity index (χ3v) is 7.50. The van der Waals surface area contributed by atoms with E-state index in [-0.39, 0.29) is 17.7 Å². The van der Waals surface area contributed by atoms with Crippen molar-refractivity contribution in [3.63, 3.8) is 0 Å². The Morgan fingerprint density at radius 1 is 1.07 bits per heavy atom. The van der Waals surface area contributed by atoms with E-state index in [2.05, 4.69) is 5.09 Å². The maximum Gasteiger partial charge on any atom is 0.459 e. The summed E-state index contributed by atoms with van der Waals surface area (Å²) in [6.45, 7) is 6.60. The number of hydrogen-bond donors (Lipinski definition) is 2. The number of allylic oxidation sites excluding steroid dienone is 1. The van der Waals surface area contributed by atoms with Gasteiger partial charge in [0.05, 0.1) is 12.7 Å². The summed E-state index contributed by atoms with van der Waals surface area (Å²) < 4.78 is 47.6. The predicted octanol–water partition coefficient (Wildman–Crippen LogP) is 2.30. The van der Waals surface area contributed by atoms with Gasteiger partial charge in [0.1, 0.15) is 17.9 Å². The molecule has 2 heterocycles. The molecule has 1 saturated heterocycles. The molecule has 1 fully saturated rings. The van der Waals surface area contributed by atoms with Crippen molar-refractivity contribution in [1.29, 1.82) is 0 Å². The number of rotatable bonds is 13. The third-order valence-electron chi connectivity index (χ3n) is 5.85. The van der Waals surface area contributed by atoms with Gasteiger partial charge in [-0.2, -0.15) is 5.09 Å². The number of nitrogens with two attached hydrogens (primary N) is 1. The molecule has 230 valence electrons. The number of benzene rings is 1. The van der Waals surface area contributed by atoms with Crippen molar-refractivity contribution in [3.05, 3.63) is 54.4 Å². The van der Waals surface area contributed by atoms with Crippen LogP contribution >= 0.6 is 7.75 Å². The van der Waals surface area contributed by atoms with Crippen molar-refractivity contribution in [1.82, 2.24) is 9.99 Å². The molecule has 0 spiro atoms. The van der Waals surface area contributed by atoms with Crippen molar-refractivity contribution < 1.29 is 51.7 Å². The van der Waals surface area contributed by atoms with Crippen molar-refractivity contribution in [3.8, 4) is 5.75 Å². The van der Waals surface area contributed by atoms with Gasteiger partial charge in [-0.3, -0.25) is 23.7 Å². The zero-order valence-corrected chi connectivity index (χ0v) is 24.9. The van der Waals surface area contributed by atoms with Gasteiger partial charge < -0.3 is 34.1 Å². The van der Waals surface area contributed by atoms with Crippen LogP contribution < -0.4 is 15.3 Å². The Labute approximate surface area is 243 Å². The third kappa shape index (κ3) is 9.15. The molecule has 0 radical (unpaired) electrons. The first-order valence-electron chi connectivity index (χ1n) is 13.2. The van der Waals surface area contributed by atoms with Crippen LogP contribution in [0.2, 0.25) is 0 Å². The second-order valence-electron chi connectivity index (χ2n) is 9.80. The van der Waals surface area contributed by atoms with Crippen LogP contribution in [0.15, 0.2) is 54.4 Å².